The molecule has 0 unspecified atom stereocenters. The first-order valence-corrected chi connectivity index (χ1v) is 22.4. The van der Waals surface area contributed by atoms with Gasteiger partial charge in [-0.3, -0.25) is 14.2 Å². The van der Waals surface area contributed by atoms with Gasteiger partial charge < -0.3 is 28.1 Å². The molecule has 6 rings (SSSR count). The predicted molar refractivity (Wildman–Crippen MR) is 225 cm³/mol. The minimum absolute atomic E-state index is 0.0313. The highest BCUT2D eigenvalue weighted by molar-refractivity contribution is 6.74. The number of hydrogen-bond donors (Lipinski definition) is 0. The zero-order chi connectivity index (χ0) is 41.7. The molecule has 0 amide bonds. The zero-order valence-electron chi connectivity index (χ0n) is 34.5. The molecule has 2 heterocycles. The third-order valence-electron chi connectivity index (χ3n) is 11.5. The molecule has 5 aromatic rings. The second kappa shape index (κ2) is 17.8. The normalized spacial score (nSPS) is 18.6. The lowest BCUT2D eigenvalue weighted by Gasteiger charge is -2.41. The van der Waals surface area contributed by atoms with Crippen LogP contribution in [0, 0.1) is 5.92 Å². The lowest BCUT2D eigenvalue weighted by molar-refractivity contribution is -0.0937. The molecule has 0 aliphatic carbocycles. The molecule has 0 bridgehead atoms. The smallest absolute Gasteiger partial charge is 0.340 e. The van der Waals surface area contributed by atoms with Crippen LogP contribution in [0.15, 0.2) is 131 Å². The van der Waals surface area contributed by atoms with E-state index in [1.807, 2.05) is 78.9 Å². The molecule has 0 spiro atoms. The molecule has 4 atom stereocenters. The Kier molecular flexibility index (Phi) is 13.0. The average molecular weight is 807 g/mol. The van der Waals surface area contributed by atoms with Crippen molar-refractivity contribution in [2.24, 2.45) is 5.92 Å². The van der Waals surface area contributed by atoms with Gasteiger partial charge in [0.25, 0.3) is 11.5 Å². The van der Waals surface area contributed by atoms with E-state index in [4.69, 9.17) is 28.1 Å². The highest BCUT2D eigenvalue weighted by atomic mass is 28.4. The Morgan fingerprint density at radius 1 is 0.741 bits per heavy atom. The fourth-order valence-corrected chi connectivity index (χ4v) is 8.67. The third kappa shape index (κ3) is 8.52. The van der Waals surface area contributed by atoms with Crippen LogP contribution in [0.1, 0.15) is 60.5 Å². The number of hydrogen-bond acceptors (Lipinski definition) is 9. The number of rotatable bonds is 15. The Balaban J connectivity index is 1.50. The molecular formula is C46H54N2O9Si. The maximum Gasteiger partial charge on any atom is 0.340 e. The van der Waals surface area contributed by atoms with Gasteiger partial charge in [-0.15, -0.1) is 0 Å². The molecule has 12 heteroatoms. The van der Waals surface area contributed by atoms with Crippen molar-refractivity contribution in [3.8, 4) is 11.5 Å². The van der Waals surface area contributed by atoms with Crippen LogP contribution in [0.4, 0.5) is 0 Å². The number of ether oxygens (including phenoxy) is 5. The fraction of sp³-hybridized carbons (Fsp3) is 0.370. The molecule has 11 nitrogen and oxygen atoms in total. The number of carbonyl (C=O) groups is 1. The quantitative estimate of drug-likeness (QED) is 0.0777. The first-order chi connectivity index (χ1) is 27.7. The van der Waals surface area contributed by atoms with Crippen LogP contribution in [0.2, 0.25) is 18.1 Å². The summed E-state index contributed by atoms with van der Waals surface area (Å²) in [5.41, 5.74) is 0.0812. The third-order valence-corrected chi connectivity index (χ3v) is 16.0. The largest absolute Gasteiger partial charge is 0.497 e. The molecular weight excluding hydrogens is 753 g/mol. The van der Waals surface area contributed by atoms with Crippen LogP contribution in [0.5, 0.6) is 11.5 Å². The molecule has 1 aliphatic heterocycles. The van der Waals surface area contributed by atoms with Crippen LogP contribution in [0.25, 0.3) is 0 Å². The maximum absolute atomic E-state index is 14.4. The zero-order valence-corrected chi connectivity index (χ0v) is 35.5. The van der Waals surface area contributed by atoms with Gasteiger partial charge in [-0.1, -0.05) is 93.6 Å². The molecule has 0 radical (unpaired) electrons. The molecule has 1 aliphatic rings. The van der Waals surface area contributed by atoms with Crippen molar-refractivity contribution in [3.05, 3.63) is 165 Å². The number of methoxy groups -OCH3 is 3. The summed E-state index contributed by atoms with van der Waals surface area (Å²) < 4.78 is 40.3. The minimum Gasteiger partial charge on any atom is -0.497 e. The van der Waals surface area contributed by atoms with E-state index in [9.17, 15) is 14.4 Å². The lowest BCUT2D eigenvalue weighted by Crippen LogP contribution is -2.49. The Bertz CT molecular complexity index is 2200. The van der Waals surface area contributed by atoms with E-state index < -0.39 is 55.4 Å². The van der Waals surface area contributed by atoms with E-state index in [-0.39, 0.29) is 17.2 Å². The van der Waals surface area contributed by atoms with Gasteiger partial charge in [0.1, 0.15) is 29.4 Å². The van der Waals surface area contributed by atoms with Crippen molar-refractivity contribution < 1.29 is 32.9 Å². The van der Waals surface area contributed by atoms with Gasteiger partial charge in [-0.25, -0.2) is 4.79 Å². The van der Waals surface area contributed by atoms with Crippen LogP contribution in [-0.2, 0) is 24.2 Å². The molecule has 0 N–H and O–H groups in total. The molecule has 306 valence electrons. The van der Waals surface area contributed by atoms with Crippen molar-refractivity contribution in [1.82, 2.24) is 9.13 Å². The van der Waals surface area contributed by atoms with E-state index in [0.29, 0.717) is 29.1 Å². The van der Waals surface area contributed by atoms with E-state index >= 15 is 0 Å². The number of carbonyl (C=O) groups excluding carboxylic acids is 1. The molecule has 58 heavy (non-hydrogen) atoms. The Labute approximate surface area is 341 Å². The summed E-state index contributed by atoms with van der Waals surface area (Å²) in [5, 5.41) is -0.172. The monoisotopic (exact) mass is 806 g/mol. The summed E-state index contributed by atoms with van der Waals surface area (Å²) in [6.07, 6.45) is -0.360. The molecule has 1 saturated heterocycles. The molecule has 1 aromatic heterocycles. The standard InChI is InChI=1S/C46H54N2O9Si/c1-45(2,3)58(7,8)57-41-38(28-30-52-4)43(47-29-27-40(49)48(44(47)51)42(50)32-15-11-9-12-16-32)56-39(41)31-55-46(33-17-13-10-14-18-33,34-19-23-36(53-5)24-20-34)35-21-25-37(54-6)26-22-35/h9-27,29,38-39,41,43H,28,30-31H2,1-8H3/t38-,39-,41+,43-/m1/s1. The summed E-state index contributed by atoms with van der Waals surface area (Å²) in [6, 6.07) is 35.1. The first kappa shape index (κ1) is 42.5. The van der Waals surface area contributed by atoms with Crippen LogP contribution in [-0.4, -0.2) is 70.1 Å². The predicted octanol–water partition coefficient (Wildman–Crippen LogP) is 7.66. The van der Waals surface area contributed by atoms with Crippen molar-refractivity contribution in [2.45, 2.75) is 69.4 Å². The van der Waals surface area contributed by atoms with Gasteiger partial charge in [0, 0.05) is 37.5 Å². The average Bonchev–Trinajstić information content (AvgIpc) is 3.56. The fourth-order valence-electron chi connectivity index (χ4n) is 7.31. The van der Waals surface area contributed by atoms with Crippen molar-refractivity contribution in [3.63, 3.8) is 0 Å². The SMILES string of the molecule is COCC[C@@H]1[C@H](O[Si](C)(C)C(C)(C)C)[C@@H](COC(c2ccccc2)(c2ccc(OC)cc2)c2ccc(OC)cc2)O[C@H]1n1ccc(=O)n(C(=O)c2ccccc2)c1=O. The highest BCUT2D eigenvalue weighted by Gasteiger charge is 2.52. The minimum atomic E-state index is -2.51. The van der Waals surface area contributed by atoms with Gasteiger partial charge in [-0.05, 0) is 77.6 Å². The van der Waals surface area contributed by atoms with Crippen LogP contribution < -0.4 is 20.7 Å². The number of benzene rings is 4. The van der Waals surface area contributed by atoms with Crippen molar-refractivity contribution >= 4 is 14.2 Å². The Hall–Kier alpha value is -5.11. The second-order valence-electron chi connectivity index (χ2n) is 16.0. The highest BCUT2D eigenvalue weighted by Crippen LogP contribution is 2.47. The maximum atomic E-state index is 14.4. The van der Waals surface area contributed by atoms with Crippen LogP contribution in [0.3, 0.4) is 0 Å². The lowest BCUT2D eigenvalue weighted by atomic mass is 9.80. The summed E-state index contributed by atoms with van der Waals surface area (Å²) in [7, 11) is 2.38. The van der Waals surface area contributed by atoms with Gasteiger partial charge in [0.2, 0.25) is 0 Å². The summed E-state index contributed by atoms with van der Waals surface area (Å²) in [5.74, 6) is 0.232. The Morgan fingerprint density at radius 2 is 1.28 bits per heavy atom. The van der Waals surface area contributed by atoms with Crippen molar-refractivity contribution in [2.75, 3.05) is 34.5 Å². The van der Waals surface area contributed by atoms with Gasteiger partial charge in [-0.2, -0.15) is 4.57 Å². The Morgan fingerprint density at radius 3 is 1.79 bits per heavy atom. The van der Waals surface area contributed by atoms with E-state index in [0.717, 1.165) is 16.7 Å². The number of nitrogens with zero attached hydrogens (tertiary/aromatic N) is 2. The summed E-state index contributed by atoms with van der Waals surface area (Å²) in [6.45, 7) is 11.3. The molecule has 1 fully saturated rings. The second-order valence-corrected chi connectivity index (χ2v) is 20.8. The van der Waals surface area contributed by atoms with Gasteiger partial charge in [0.05, 0.1) is 26.9 Å². The van der Waals surface area contributed by atoms with E-state index in [1.54, 1.807) is 51.7 Å². The molecule has 0 saturated carbocycles. The summed E-state index contributed by atoms with van der Waals surface area (Å²) in [4.78, 5) is 41.2. The first-order valence-electron chi connectivity index (χ1n) is 19.5. The van der Waals surface area contributed by atoms with Crippen molar-refractivity contribution in [1.29, 1.82) is 0 Å². The van der Waals surface area contributed by atoms with Gasteiger partial charge in [0.15, 0.2) is 8.32 Å². The van der Waals surface area contributed by atoms with E-state index in [2.05, 4.69) is 33.9 Å². The van der Waals surface area contributed by atoms with Gasteiger partial charge >= 0.3 is 5.69 Å². The van der Waals surface area contributed by atoms with Crippen LogP contribution >= 0.6 is 0 Å². The number of aromatic nitrogens is 2. The molecule has 4 aromatic carbocycles. The van der Waals surface area contributed by atoms with E-state index in [1.165, 1.54) is 16.8 Å². The summed E-state index contributed by atoms with van der Waals surface area (Å²) >= 11 is 0. The topological polar surface area (TPSA) is 116 Å².